The van der Waals surface area contributed by atoms with Gasteiger partial charge in [-0.25, -0.2) is 19.7 Å². The molecule has 5 aromatic rings. The quantitative estimate of drug-likeness (QED) is 0.211. The molecule has 2 aromatic carbocycles. The van der Waals surface area contributed by atoms with E-state index < -0.39 is 5.97 Å². The predicted octanol–water partition coefficient (Wildman–Crippen LogP) is 5.92. The number of hydrogen-bond donors (Lipinski definition) is 0. The lowest BCUT2D eigenvalue weighted by atomic mass is 9.91. The van der Waals surface area contributed by atoms with Crippen LogP contribution in [0.1, 0.15) is 62.5 Å². The molecule has 0 unspecified atom stereocenters. The molecule has 1 fully saturated rings. The van der Waals surface area contributed by atoms with E-state index in [1.54, 1.807) is 19.4 Å². The van der Waals surface area contributed by atoms with Crippen LogP contribution in [0.5, 0.6) is 11.6 Å². The van der Waals surface area contributed by atoms with Crippen molar-refractivity contribution in [2.45, 2.75) is 58.3 Å². The molecule has 0 N–H and O–H groups in total. The number of hydrogen-bond acceptors (Lipinski definition) is 9. The van der Waals surface area contributed by atoms with Crippen LogP contribution in [0.3, 0.4) is 0 Å². The number of imidazole rings is 1. The van der Waals surface area contributed by atoms with Crippen LogP contribution >= 0.6 is 0 Å². The van der Waals surface area contributed by atoms with Gasteiger partial charge in [-0.15, -0.1) is 0 Å². The van der Waals surface area contributed by atoms with Crippen LogP contribution in [0.4, 0.5) is 0 Å². The van der Waals surface area contributed by atoms with Crippen LogP contribution in [-0.2, 0) is 41.9 Å². The summed E-state index contributed by atoms with van der Waals surface area (Å²) in [6, 6.07) is 17.9. The van der Waals surface area contributed by atoms with Crippen LogP contribution in [0.2, 0.25) is 0 Å². The highest BCUT2D eigenvalue weighted by Crippen LogP contribution is 2.34. The summed E-state index contributed by atoms with van der Waals surface area (Å²) in [5.74, 6) is 1.49. The lowest BCUT2D eigenvalue weighted by Crippen LogP contribution is -2.31. The molecule has 1 atom stereocenters. The first-order valence-electron chi connectivity index (χ1n) is 15.8. The third-order valence-electron chi connectivity index (χ3n) is 9.08. The van der Waals surface area contributed by atoms with Gasteiger partial charge in [0.2, 0.25) is 5.88 Å². The second-order valence-corrected chi connectivity index (χ2v) is 12.0. The van der Waals surface area contributed by atoms with Crippen LogP contribution in [0.25, 0.3) is 22.3 Å². The number of pyridine rings is 2. The van der Waals surface area contributed by atoms with E-state index in [-0.39, 0.29) is 6.10 Å². The molecular formula is C37H35N5O5. The van der Waals surface area contributed by atoms with E-state index in [1.807, 2.05) is 30.3 Å². The molecule has 2 aliphatic heterocycles. The topological polar surface area (TPSA) is 121 Å². The van der Waals surface area contributed by atoms with Crippen molar-refractivity contribution in [1.29, 1.82) is 5.26 Å². The molecular weight excluding hydrogens is 594 g/mol. The van der Waals surface area contributed by atoms with Crippen molar-refractivity contribution in [2.24, 2.45) is 0 Å². The van der Waals surface area contributed by atoms with E-state index in [2.05, 4.69) is 34.7 Å². The summed E-state index contributed by atoms with van der Waals surface area (Å²) in [6.07, 6.45) is 5.80. The van der Waals surface area contributed by atoms with E-state index in [4.69, 9.17) is 28.9 Å². The molecule has 0 radical (unpaired) electrons. The van der Waals surface area contributed by atoms with Crippen LogP contribution < -0.4 is 9.47 Å². The van der Waals surface area contributed by atoms with Gasteiger partial charge in [-0.2, -0.15) is 5.26 Å². The van der Waals surface area contributed by atoms with E-state index in [9.17, 15) is 10.1 Å². The van der Waals surface area contributed by atoms with E-state index >= 15 is 0 Å². The average Bonchev–Trinajstić information content (AvgIpc) is 3.42. The summed E-state index contributed by atoms with van der Waals surface area (Å²) >= 11 is 0. The standard InChI is InChI=1S/C37H35N5O5/c1-22-12-25(17-34-41-36-32(42(34)20-29-10-11-46-29)15-26(37(43)45-3)16-33(36)44-2)24-7-4-6-23-13-28(18-38)39-19-27(23)21-47-35-9-5-8-31(40-35)30(22)14-24/h5,8-9,12-16,19,29H,4,6-7,10-11,17,20-21H2,1-3H3/t29-/m0/s1. The van der Waals surface area contributed by atoms with Gasteiger partial charge in [-0.3, -0.25) is 0 Å². The largest absolute Gasteiger partial charge is 0.494 e. The average molecular weight is 630 g/mol. The fourth-order valence-corrected chi connectivity index (χ4v) is 6.47. The zero-order valence-electron chi connectivity index (χ0n) is 26.7. The first-order valence-corrected chi connectivity index (χ1v) is 15.8. The molecule has 4 bridgehead atoms. The molecule has 238 valence electrons. The smallest absolute Gasteiger partial charge is 0.338 e. The Balaban J connectivity index is 1.33. The highest BCUT2D eigenvalue weighted by molar-refractivity contribution is 5.96. The highest BCUT2D eigenvalue weighted by Gasteiger charge is 2.25. The molecule has 7 rings (SSSR count). The number of rotatable bonds is 6. The summed E-state index contributed by atoms with van der Waals surface area (Å²) < 4.78 is 24.9. The van der Waals surface area contributed by atoms with Gasteiger partial charge in [0.1, 0.15) is 35.5 Å². The van der Waals surface area contributed by atoms with Crippen molar-refractivity contribution >= 4 is 17.0 Å². The Morgan fingerprint density at radius 1 is 1.09 bits per heavy atom. The van der Waals surface area contributed by atoms with Gasteiger partial charge in [-0.1, -0.05) is 12.1 Å². The summed E-state index contributed by atoms with van der Waals surface area (Å²) in [4.78, 5) is 26.8. The molecule has 47 heavy (non-hydrogen) atoms. The summed E-state index contributed by atoms with van der Waals surface area (Å²) in [6.45, 7) is 3.80. The molecule has 5 heterocycles. The van der Waals surface area contributed by atoms with E-state index in [0.29, 0.717) is 48.0 Å². The number of esters is 1. The van der Waals surface area contributed by atoms with Gasteiger partial charge in [0, 0.05) is 36.4 Å². The van der Waals surface area contributed by atoms with Gasteiger partial charge in [0.15, 0.2) is 0 Å². The summed E-state index contributed by atoms with van der Waals surface area (Å²) in [7, 11) is 2.96. The van der Waals surface area contributed by atoms with E-state index in [1.165, 1.54) is 18.2 Å². The monoisotopic (exact) mass is 629 g/mol. The third-order valence-corrected chi connectivity index (χ3v) is 9.08. The molecule has 3 aromatic heterocycles. The fraction of sp³-hybridized carbons (Fsp3) is 0.324. The number of aryl methyl sites for hydroxylation is 3. The summed E-state index contributed by atoms with van der Waals surface area (Å²) in [5, 5.41) is 9.51. The molecule has 2 aliphatic rings. The number of carbonyl (C=O) groups excluding carboxylic acids is 1. The van der Waals surface area contributed by atoms with Crippen molar-refractivity contribution in [1.82, 2.24) is 19.5 Å². The van der Waals surface area contributed by atoms with Gasteiger partial charge >= 0.3 is 5.97 Å². The fourth-order valence-electron chi connectivity index (χ4n) is 6.47. The summed E-state index contributed by atoms with van der Waals surface area (Å²) in [5.41, 5.74) is 9.68. The van der Waals surface area contributed by atoms with Gasteiger partial charge in [-0.05, 0) is 85.2 Å². The second kappa shape index (κ2) is 12.9. The highest BCUT2D eigenvalue weighted by atomic mass is 16.5. The normalized spacial score (nSPS) is 15.6. The zero-order chi connectivity index (χ0) is 32.5. The minimum absolute atomic E-state index is 0.0745. The minimum Gasteiger partial charge on any atom is -0.494 e. The number of fused-ring (bicyclic) bond motifs is 7. The molecule has 10 nitrogen and oxygen atoms in total. The number of nitriles is 1. The van der Waals surface area contributed by atoms with Crippen molar-refractivity contribution in [3.8, 4) is 29.0 Å². The Morgan fingerprint density at radius 3 is 2.70 bits per heavy atom. The molecule has 10 heteroatoms. The maximum atomic E-state index is 12.6. The number of benzene rings is 2. The van der Waals surface area contributed by atoms with Crippen molar-refractivity contribution in [3.05, 3.63) is 99.6 Å². The second-order valence-electron chi connectivity index (χ2n) is 12.0. The molecule has 0 spiro atoms. The first-order chi connectivity index (χ1) is 22.9. The van der Waals surface area contributed by atoms with Crippen LogP contribution in [0, 0.1) is 18.3 Å². The van der Waals surface area contributed by atoms with E-state index in [0.717, 1.165) is 71.6 Å². The molecule has 0 aliphatic carbocycles. The number of carbonyl (C=O) groups is 1. The number of methoxy groups -OCH3 is 2. The Morgan fingerprint density at radius 2 is 1.94 bits per heavy atom. The van der Waals surface area contributed by atoms with Gasteiger partial charge in [0.05, 0.1) is 43.6 Å². The third kappa shape index (κ3) is 6.02. The first kappa shape index (κ1) is 30.4. The lowest BCUT2D eigenvalue weighted by molar-refractivity contribution is -0.0589. The van der Waals surface area contributed by atoms with Crippen molar-refractivity contribution in [2.75, 3.05) is 20.8 Å². The Bertz CT molecular complexity index is 2040. The van der Waals surface area contributed by atoms with Crippen molar-refractivity contribution < 1.29 is 23.7 Å². The van der Waals surface area contributed by atoms with Crippen LogP contribution in [-0.4, -0.2) is 52.4 Å². The predicted molar refractivity (Wildman–Crippen MR) is 175 cm³/mol. The molecule has 0 saturated carbocycles. The number of nitrogens with zero attached hydrogens (tertiary/aromatic N) is 5. The maximum Gasteiger partial charge on any atom is 0.338 e. The minimum atomic E-state index is -0.431. The Kier molecular flexibility index (Phi) is 8.31. The van der Waals surface area contributed by atoms with Gasteiger partial charge < -0.3 is 23.5 Å². The lowest BCUT2D eigenvalue weighted by Gasteiger charge is -2.27. The SMILES string of the molecule is COC(=O)c1cc(OC)c2nc(Cc3cc(C)c4cc3CCCc3cc(C#N)ncc3COc3cccc-4n3)n(C[C@@H]3CCO3)c2c1. The Labute approximate surface area is 272 Å². The number of ether oxygens (including phenoxy) is 4. The van der Waals surface area contributed by atoms with Crippen molar-refractivity contribution in [3.63, 3.8) is 0 Å². The van der Waals surface area contributed by atoms with Gasteiger partial charge in [0.25, 0.3) is 0 Å². The maximum absolute atomic E-state index is 12.6. The zero-order valence-corrected chi connectivity index (χ0v) is 26.7. The Hall–Kier alpha value is -5.27. The number of aromatic nitrogens is 4. The molecule has 0 amide bonds. The van der Waals surface area contributed by atoms with Crippen LogP contribution in [0.15, 0.2) is 54.7 Å². The molecule has 1 saturated heterocycles.